The molecule has 1 rings (SSSR count). The van der Waals surface area contributed by atoms with Crippen molar-refractivity contribution in [1.29, 1.82) is 0 Å². The Morgan fingerprint density at radius 1 is 0.818 bits per heavy atom. The SMILES string of the molecule is OCCCCCCCC#C/C=C/C=C/C=C/c1ccccc1. The molecule has 116 valence electrons. The van der Waals surface area contributed by atoms with Gasteiger partial charge in [0, 0.05) is 13.0 Å². The fraction of sp³-hybridized carbons (Fsp3) is 0.333. The molecule has 1 heteroatoms. The normalized spacial score (nSPS) is 11.3. The Hall–Kier alpha value is -2.04. The van der Waals surface area contributed by atoms with Crippen LogP contribution in [0, 0.1) is 11.8 Å². The minimum absolute atomic E-state index is 0.318. The molecule has 0 aliphatic rings. The highest BCUT2D eigenvalue weighted by atomic mass is 16.2. The van der Waals surface area contributed by atoms with Gasteiger partial charge in [0.2, 0.25) is 0 Å². The van der Waals surface area contributed by atoms with Crippen LogP contribution in [-0.4, -0.2) is 11.7 Å². The first-order valence-electron chi connectivity index (χ1n) is 8.07. The molecule has 0 radical (unpaired) electrons. The summed E-state index contributed by atoms with van der Waals surface area (Å²) in [4.78, 5) is 0. The van der Waals surface area contributed by atoms with Gasteiger partial charge in [-0.25, -0.2) is 0 Å². The maximum Gasteiger partial charge on any atom is 0.0431 e. The van der Waals surface area contributed by atoms with Crippen molar-refractivity contribution >= 4 is 6.08 Å². The zero-order chi connectivity index (χ0) is 15.7. The van der Waals surface area contributed by atoms with Gasteiger partial charge < -0.3 is 5.11 Å². The van der Waals surface area contributed by atoms with E-state index in [4.69, 9.17) is 5.11 Å². The minimum Gasteiger partial charge on any atom is -0.396 e. The van der Waals surface area contributed by atoms with Crippen molar-refractivity contribution in [3.05, 3.63) is 66.3 Å². The summed E-state index contributed by atoms with van der Waals surface area (Å²) in [6, 6.07) is 10.2. The quantitative estimate of drug-likeness (QED) is 0.379. The van der Waals surface area contributed by atoms with Crippen LogP contribution in [0.3, 0.4) is 0 Å². The molecule has 0 heterocycles. The summed E-state index contributed by atoms with van der Waals surface area (Å²) in [6.45, 7) is 0.318. The Morgan fingerprint density at radius 2 is 1.55 bits per heavy atom. The molecule has 0 aromatic heterocycles. The van der Waals surface area contributed by atoms with Crippen molar-refractivity contribution in [2.24, 2.45) is 0 Å². The zero-order valence-corrected chi connectivity index (χ0v) is 13.2. The van der Waals surface area contributed by atoms with E-state index in [2.05, 4.69) is 30.0 Å². The van der Waals surface area contributed by atoms with Crippen molar-refractivity contribution in [1.82, 2.24) is 0 Å². The smallest absolute Gasteiger partial charge is 0.0431 e. The third-order valence-corrected chi connectivity index (χ3v) is 3.16. The summed E-state index contributed by atoms with van der Waals surface area (Å²) in [7, 11) is 0. The second-order valence-corrected chi connectivity index (χ2v) is 5.08. The molecule has 1 aromatic rings. The summed E-state index contributed by atoms with van der Waals surface area (Å²) in [5, 5.41) is 8.66. The third-order valence-electron chi connectivity index (χ3n) is 3.16. The number of aliphatic hydroxyl groups is 1. The lowest BCUT2D eigenvalue weighted by Gasteiger charge is -1.95. The number of unbranched alkanes of at least 4 members (excludes halogenated alkanes) is 5. The number of hydrogen-bond acceptors (Lipinski definition) is 1. The molecule has 0 saturated heterocycles. The molecule has 0 aliphatic carbocycles. The highest BCUT2D eigenvalue weighted by molar-refractivity contribution is 5.50. The Bertz CT molecular complexity index is 512. The van der Waals surface area contributed by atoms with E-state index >= 15 is 0 Å². The van der Waals surface area contributed by atoms with E-state index in [9.17, 15) is 0 Å². The molecule has 1 N–H and O–H groups in total. The first kappa shape index (κ1) is 18.0. The van der Waals surface area contributed by atoms with Gasteiger partial charge in [0.15, 0.2) is 0 Å². The van der Waals surface area contributed by atoms with Gasteiger partial charge in [-0.2, -0.15) is 0 Å². The van der Waals surface area contributed by atoms with Crippen LogP contribution >= 0.6 is 0 Å². The second-order valence-electron chi connectivity index (χ2n) is 5.08. The lowest BCUT2D eigenvalue weighted by Crippen LogP contribution is -1.83. The maximum atomic E-state index is 8.66. The van der Waals surface area contributed by atoms with Crippen LogP contribution in [0.15, 0.2) is 60.7 Å². The van der Waals surface area contributed by atoms with Gasteiger partial charge in [-0.15, -0.1) is 0 Å². The van der Waals surface area contributed by atoms with Gasteiger partial charge in [-0.1, -0.05) is 91.8 Å². The van der Waals surface area contributed by atoms with E-state index in [-0.39, 0.29) is 0 Å². The molecule has 0 fully saturated rings. The lowest BCUT2D eigenvalue weighted by molar-refractivity contribution is 0.282. The van der Waals surface area contributed by atoms with E-state index in [1.54, 1.807) is 0 Å². The highest BCUT2D eigenvalue weighted by Crippen LogP contribution is 2.04. The number of rotatable bonds is 9. The Balaban J connectivity index is 2.07. The van der Waals surface area contributed by atoms with Crippen LogP contribution in [0.5, 0.6) is 0 Å². The number of hydrogen-bond donors (Lipinski definition) is 1. The molecule has 0 unspecified atom stereocenters. The van der Waals surface area contributed by atoms with Gasteiger partial charge in [-0.05, 0) is 24.5 Å². The van der Waals surface area contributed by atoms with Crippen molar-refractivity contribution in [2.75, 3.05) is 6.61 Å². The average Bonchev–Trinajstić information content (AvgIpc) is 2.56. The van der Waals surface area contributed by atoms with Crippen LogP contribution in [0.25, 0.3) is 6.08 Å². The summed E-state index contributed by atoms with van der Waals surface area (Å²) < 4.78 is 0. The Labute approximate surface area is 135 Å². The third kappa shape index (κ3) is 10.7. The Morgan fingerprint density at radius 3 is 2.36 bits per heavy atom. The van der Waals surface area contributed by atoms with Gasteiger partial charge in [0.1, 0.15) is 0 Å². The minimum atomic E-state index is 0.318. The van der Waals surface area contributed by atoms with Crippen LogP contribution in [-0.2, 0) is 0 Å². The van der Waals surface area contributed by atoms with Crippen LogP contribution in [0.4, 0.5) is 0 Å². The molecule has 0 amide bonds. The lowest BCUT2D eigenvalue weighted by atomic mass is 10.1. The predicted molar refractivity (Wildman–Crippen MR) is 96.3 cm³/mol. The molecular formula is C21H26O. The number of aliphatic hydroxyl groups excluding tert-OH is 1. The van der Waals surface area contributed by atoms with Crippen molar-refractivity contribution in [3.8, 4) is 11.8 Å². The van der Waals surface area contributed by atoms with Crippen molar-refractivity contribution < 1.29 is 5.11 Å². The fourth-order valence-corrected chi connectivity index (χ4v) is 1.95. The van der Waals surface area contributed by atoms with Gasteiger partial charge in [0.05, 0.1) is 0 Å². The van der Waals surface area contributed by atoms with Gasteiger partial charge in [-0.3, -0.25) is 0 Å². The Kier molecular flexibility index (Phi) is 11.4. The number of benzene rings is 1. The zero-order valence-electron chi connectivity index (χ0n) is 13.2. The van der Waals surface area contributed by atoms with Crippen molar-refractivity contribution in [3.63, 3.8) is 0 Å². The van der Waals surface area contributed by atoms with Crippen LogP contribution in [0.2, 0.25) is 0 Å². The second kappa shape index (κ2) is 13.9. The summed E-state index contributed by atoms with van der Waals surface area (Å²) >= 11 is 0. The molecule has 0 saturated carbocycles. The van der Waals surface area contributed by atoms with E-state index in [1.807, 2.05) is 48.6 Å². The van der Waals surface area contributed by atoms with Gasteiger partial charge in [0.25, 0.3) is 0 Å². The first-order chi connectivity index (χ1) is 10.9. The van der Waals surface area contributed by atoms with Gasteiger partial charge >= 0.3 is 0 Å². The summed E-state index contributed by atoms with van der Waals surface area (Å²) in [6.07, 6.45) is 18.5. The molecular weight excluding hydrogens is 268 g/mol. The molecule has 22 heavy (non-hydrogen) atoms. The van der Waals surface area contributed by atoms with E-state index < -0.39 is 0 Å². The predicted octanol–water partition coefficient (Wildman–Crippen LogP) is 5.15. The maximum absolute atomic E-state index is 8.66. The molecule has 1 nitrogen and oxygen atoms in total. The standard InChI is InChI=1S/C21H26O/c22-20-16-11-9-7-5-3-1-2-4-6-8-10-13-17-21-18-14-12-15-19-21/h4,6,8,10,12-15,17-19,22H,3,5,7,9,11,16,20H2/b6-4+,10-8+,17-13+. The van der Waals surface area contributed by atoms with Crippen molar-refractivity contribution in [2.45, 2.75) is 38.5 Å². The largest absolute Gasteiger partial charge is 0.396 e. The molecule has 0 spiro atoms. The summed E-state index contributed by atoms with van der Waals surface area (Å²) in [5.74, 6) is 6.21. The van der Waals surface area contributed by atoms with E-state index in [1.165, 1.54) is 18.4 Å². The molecule has 1 aromatic carbocycles. The van der Waals surface area contributed by atoms with Crippen LogP contribution in [0.1, 0.15) is 44.1 Å². The summed E-state index contributed by atoms with van der Waals surface area (Å²) in [5.41, 5.74) is 1.20. The first-order valence-corrected chi connectivity index (χ1v) is 8.07. The molecule has 0 bridgehead atoms. The molecule has 0 aliphatic heterocycles. The van der Waals surface area contributed by atoms with E-state index in [0.29, 0.717) is 6.61 Å². The van der Waals surface area contributed by atoms with E-state index in [0.717, 1.165) is 25.7 Å². The van der Waals surface area contributed by atoms with Crippen LogP contribution < -0.4 is 0 Å². The topological polar surface area (TPSA) is 20.2 Å². The molecule has 0 atom stereocenters. The highest BCUT2D eigenvalue weighted by Gasteiger charge is 1.87. The monoisotopic (exact) mass is 294 g/mol. The number of allylic oxidation sites excluding steroid dienone is 5. The average molecular weight is 294 g/mol. The fourth-order valence-electron chi connectivity index (χ4n) is 1.95.